The van der Waals surface area contributed by atoms with Crippen molar-refractivity contribution >= 4 is 11.6 Å². The normalized spacial score (nSPS) is 26.3. The molecule has 5 heteroatoms. The molecule has 1 aromatic rings. The van der Waals surface area contributed by atoms with E-state index in [0.29, 0.717) is 11.8 Å². The van der Waals surface area contributed by atoms with Crippen LogP contribution in [0.3, 0.4) is 0 Å². The van der Waals surface area contributed by atoms with E-state index in [1.165, 1.54) is 0 Å². The molecule has 1 saturated carbocycles. The molecule has 2 aliphatic carbocycles. The van der Waals surface area contributed by atoms with Crippen molar-refractivity contribution < 1.29 is 4.79 Å². The predicted molar refractivity (Wildman–Crippen MR) is 72.6 cm³/mol. The first kappa shape index (κ1) is 12.1. The Morgan fingerprint density at radius 1 is 1.58 bits per heavy atom. The Morgan fingerprint density at radius 3 is 3.11 bits per heavy atom. The average Bonchev–Trinajstić information content (AvgIpc) is 2.83. The Hall–Kier alpha value is -1.91. The predicted octanol–water partition coefficient (Wildman–Crippen LogP) is 1.57. The van der Waals surface area contributed by atoms with Gasteiger partial charge in [-0.25, -0.2) is 5.43 Å². The summed E-state index contributed by atoms with van der Waals surface area (Å²) in [7, 11) is 0. The van der Waals surface area contributed by atoms with Crippen LogP contribution >= 0.6 is 0 Å². The number of amides is 1. The molecule has 5 nitrogen and oxygen atoms in total. The second-order valence-electron chi connectivity index (χ2n) is 5.36. The number of nitrogens with one attached hydrogen (secondary N) is 1. The van der Waals surface area contributed by atoms with E-state index < -0.39 is 0 Å². The van der Waals surface area contributed by atoms with Crippen molar-refractivity contribution in [2.24, 2.45) is 16.9 Å². The summed E-state index contributed by atoms with van der Waals surface area (Å²) in [5, 5.41) is 8.50. The van der Waals surface area contributed by atoms with Gasteiger partial charge in [-0.1, -0.05) is 12.2 Å². The third kappa shape index (κ3) is 2.32. The van der Waals surface area contributed by atoms with Crippen LogP contribution in [0.25, 0.3) is 0 Å². The third-order valence-corrected chi connectivity index (χ3v) is 3.88. The molecule has 0 aromatic carbocycles. The Bertz CT molecular complexity index is 570. The van der Waals surface area contributed by atoms with Crippen molar-refractivity contribution in [1.29, 1.82) is 0 Å². The van der Waals surface area contributed by atoms with Gasteiger partial charge in [-0.15, -0.1) is 0 Å². The highest BCUT2D eigenvalue weighted by Crippen LogP contribution is 2.39. The van der Waals surface area contributed by atoms with Gasteiger partial charge in [0.05, 0.1) is 5.69 Å². The summed E-state index contributed by atoms with van der Waals surface area (Å²) in [5.74, 6) is 1.08. The summed E-state index contributed by atoms with van der Waals surface area (Å²) in [5.41, 5.74) is 5.68. The van der Waals surface area contributed by atoms with Gasteiger partial charge in [-0.3, -0.25) is 9.48 Å². The topological polar surface area (TPSA) is 59.3 Å². The van der Waals surface area contributed by atoms with Crippen molar-refractivity contribution in [2.75, 3.05) is 0 Å². The Balaban J connectivity index is 1.55. The highest BCUT2D eigenvalue weighted by atomic mass is 16.2. The van der Waals surface area contributed by atoms with Crippen molar-refractivity contribution in [1.82, 2.24) is 15.2 Å². The minimum atomic E-state index is -0.117. The first-order chi connectivity index (χ1) is 9.13. The SMILES string of the molecule is Cc1cc(C)n(CC(=O)NN=C2CC3C=CCC23)n1. The summed E-state index contributed by atoms with van der Waals surface area (Å²) in [4.78, 5) is 11.8. The van der Waals surface area contributed by atoms with E-state index in [4.69, 9.17) is 0 Å². The summed E-state index contributed by atoms with van der Waals surface area (Å²) in [6, 6.07) is 1.96. The van der Waals surface area contributed by atoms with Crippen LogP contribution < -0.4 is 5.43 Å². The van der Waals surface area contributed by atoms with Crippen LogP contribution in [0.15, 0.2) is 23.3 Å². The van der Waals surface area contributed by atoms with Crippen LogP contribution in [0.2, 0.25) is 0 Å². The average molecular weight is 258 g/mol. The zero-order valence-corrected chi connectivity index (χ0v) is 11.3. The number of aromatic nitrogens is 2. The summed E-state index contributed by atoms with van der Waals surface area (Å²) in [6.45, 7) is 4.09. The first-order valence-corrected chi connectivity index (χ1v) is 6.66. The second-order valence-corrected chi connectivity index (χ2v) is 5.36. The van der Waals surface area contributed by atoms with Gasteiger partial charge in [0.15, 0.2) is 0 Å². The summed E-state index contributed by atoms with van der Waals surface area (Å²) < 4.78 is 1.70. The van der Waals surface area contributed by atoms with E-state index in [2.05, 4.69) is 27.8 Å². The van der Waals surface area contributed by atoms with Gasteiger partial charge in [-0.2, -0.15) is 10.2 Å². The van der Waals surface area contributed by atoms with Crippen molar-refractivity contribution in [3.8, 4) is 0 Å². The quantitative estimate of drug-likeness (QED) is 0.661. The van der Waals surface area contributed by atoms with Crippen molar-refractivity contribution in [2.45, 2.75) is 33.2 Å². The monoisotopic (exact) mass is 258 g/mol. The number of hydrogen-bond donors (Lipinski definition) is 1. The lowest BCUT2D eigenvalue weighted by atomic mass is 9.74. The van der Waals surface area contributed by atoms with Gasteiger partial charge >= 0.3 is 0 Å². The lowest BCUT2D eigenvalue weighted by Gasteiger charge is -2.31. The number of carbonyl (C=O) groups excluding carboxylic acids is 1. The molecule has 1 amide bonds. The summed E-state index contributed by atoms with van der Waals surface area (Å²) in [6.07, 6.45) is 6.51. The minimum absolute atomic E-state index is 0.117. The molecule has 0 radical (unpaired) electrons. The smallest absolute Gasteiger partial charge is 0.261 e. The molecule has 3 rings (SSSR count). The van der Waals surface area contributed by atoms with E-state index in [9.17, 15) is 4.79 Å². The standard InChI is InChI=1S/C14H18N4O/c1-9-6-10(2)18(17-9)8-14(19)16-15-13-7-11-4-3-5-12(11)13/h3-4,6,11-12H,5,7-8H2,1-2H3,(H,16,19). The molecule has 0 aliphatic heterocycles. The van der Waals surface area contributed by atoms with E-state index in [-0.39, 0.29) is 12.5 Å². The fraction of sp³-hybridized carbons (Fsp3) is 0.500. The van der Waals surface area contributed by atoms with Crippen molar-refractivity contribution in [3.63, 3.8) is 0 Å². The molecule has 19 heavy (non-hydrogen) atoms. The van der Waals surface area contributed by atoms with E-state index >= 15 is 0 Å². The largest absolute Gasteiger partial charge is 0.271 e. The van der Waals surface area contributed by atoms with Crippen LogP contribution in [-0.4, -0.2) is 21.4 Å². The number of aryl methyl sites for hydroxylation is 2. The number of nitrogens with zero attached hydrogens (tertiary/aromatic N) is 3. The Kier molecular flexibility index (Phi) is 2.97. The fourth-order valence-electron chi connectivity index (χ4n) is 2.80. The lowest BCUT2D eigenvalue weighted by molar-refractivity contribution is -0.121. The van der Waals surface area contributed by atoms with Gasteiger partial charge in [0, 0.05) is 17.3 Å². The minimum Gasteiger partial charge on any atom is -0.271 e. The summed E-state index contributed by atoms with van der Waals surface area (Å²) >= 11 is 0. The Labute approximate surface area is 112 Å². The molecule has 2 atom stereocenters. The molecule has 1 fully saturated rings. The third-order valence-electron chi connectivity index (χ3n) is 3.88. The van der Waals surface area contributed by atoms with E-state index in [0.717, 1.165) is 29.9 Å². The van der Waals surface area contributed by atoms with Crippen molar-refractivity contribution in [3.05, 3.63) is 29.6 Å². The number of fused-ring (bicyclic) bond motifs is 1. The molecule has 0 saturated heterocycles. The molecular formula is C14H18N4O. The van der Waals surface area contributed by atoms with Crippen LogP contribution in [-0.2, 0) is 11.3 Å². The number of carbonyl (C=O) groups is 1. The maximum absolute atomic E-state index is 11.8. The molecule has 100 valence electrons. The van der Waals surface area contributed by atoms with Crippen LogP contribution in [0.1, 0.15) is 24.2 Å². The van der Waals surface area contributed by atoms with Crippen LogP contribution in [0.4, 0.5) is 0 Å². The number of allylic oxidation sites excluding steroid dienone is 2. The molecule has 0 bridgehead atoms. The number of hydrogen-bond acceptors (Lipinski definition) is 3. The van der Waals surface area contributed by atoms with Gasteiger partial charge in [0.2, 0.25) is 0 Å². The highest BCUT2D eigenvalue weighted by molar-refractivity contribution is 5.94. The molecule has 2 aliphatic rings. The molecule has 1 heterocycles. The molecule has 1 aromatic heterocycles. The number of rotatable bonds is 3. The maximum Gasteiger partial charge on any atom is 0.261 e. The fourth-order valence-corrected chi connectivity index (χ4v) is 2.80. The van der Waals surface area contributed by atoms with E-state index in [1.54, 1.807) is 4.68 Å². The molecule has 1 N–H and O–H groups in total. The van der Waals surface area contributed by atoms with Gasteiger partial charge < -0.3 is 0 Å². The second kappa shape index (κ2) is 4.64. The molecule has 2 unspecified atom stereocenters. The highest BCUT2D eigenvalue weighted by Gasteiger charge is 2.37. The Morgan fingerprint density at radius 2 is 2.42 bits per heavy atom. The van der Waals surface area contributed by atoms with Crippen LogP contribution in [0.5, 0.6) is 0 Å². The van der Waals surface area contributed by atoms with Gasteiger partial charge in [0.1, 0.15) is 6.54 Å². The lowest BCUT2D eigenvalue weighted by Crippen LogP contribution is -2.36. The van der Waals surface area contributed by atoms with Gasteiger partial charge in [0.25, 0.3) is 5.91 Å². The number of hydrazone groups is 1. The zero-order chi connectivity index (χ0) is 13.4. The van der Waals surface area contributed by atoms with Gasteiger partial charge in [-0.05, 0) is 38.7 Å². The van der Waals surface area contributed by atoms with Crippen LogP contribution in [0, 0.1) is 25.7 Å². The molecular weight excluding hydrogens is 240 g/mol. The zero-order valence-electron chi connectivity index (χ0n) is 11.3. The van der Waals surface area contributed by atoms with E-state index in [1.807, 2.05) is 19.9 Å². The molecule has 0 spiro atoms. The maximum atomic E-state index is 11.8. The first-order valence-electron chi connectivity index (χ1n) is 6.66.